The van der Waals surface area contributed by atoms with Gasteiger partial charge in [0.05, 0.1) is 20.8 Å². The van der Waals surface area contributed by atoms with E-state index in [4.69, 9.17) is 23.7 Å². The van der Waals surface area contributed by atoms with Gasteiger partial charge in [-0.2, -0.15) is 0 Å². The van der Waals surface area contributed by atoms with Gasteiger partial charge in [0.25, 0.3) is 17.7 Å². The third-order valence-electron chi connectivity index (χ3n) is 8.96. The molecular weight excluding hydrogens is 662 g/mol. The lowest BCUT2D eigenvalue weighted by molar-refractivity contribution is -0.146. The van der Waals surface area contributed by atoms with Crippen LogP contribution in [0.3, 0.4) is 0 Å². The van der Waals surface area contributed by atoms with E-state index < -0.39 is 23.6 Å². The van der Waals surface area contributed by atoms with Crippen LogP contribution in [0, 0.1) is 0 Å². The molecule has 0 saturated carbocycles. The summed E-state index contributed by atoms with van der Waals surface area (Å²) in [6, 6.07) is 15.6. The van der Waals surface area contributed by atoms with Gasteiger partial charge < -0.3 is 44.5 Å². The van der Waals surface area contributed by atoms with Crippen molar-refractivity contribution in [2.75, 3.05) is 40.5 Å². The van der Waals surface area contributed by atoms with Crippen LogP contribution in [-0.2, 0) is 20.9 Å². The third kappa shape index (κ3) is 8.09. The number of piperidine rings is 1. The van der Waals surface area contributed by atoms with E-state index in [-0.39, 0.29) is 76.2 Å². The second-order valence-corrected chi connectivity index (χ2v) is 12.2. The molecule has 1 atom stereocenters. The molecule has 15 heteroatoms. The predicted molar refractivity (Wildman–Crippen MR) is 181 cm³/mol. The number of hydrogen-bond donors (Lipinski definition) is 4. The van der Waals surface area contributed by atoms with Gasteiger partial charge in [0, 0.05) is 44.5 Å². The maximum atomic E-state index is 14.0. The maximum absolute atomic E-state index is 14.0. The van der Waals surface area contributed by atoms with Crippen LogP contribution < -0.4 is 45.0 Å². The Balaban J connectivity index is 1.21. The maximum Gasteiger partial charge on any atom is 0.322 e. The van der Waals surface area contributed by atoms with Crippen molar-refractivity contribution in [1.82, 2.24) is 26.2 Å². The summed E-state index contributed by atoms with van der Waals surface area (Å²) in [6.45, 7) is 1.08. The third-order valence-corrected chi connectivity index (χ3v) is 8.96. The van der Waals surface area contributed by atoms with E-state index in [1.165, 1.54) is 14.2 Å². The van der Waals surface area contributed by atoms with E-state index >= 15 is 0 Å². The quantitative estimate of drug-likeness (QED) is 0.289. The molecule has 2 fully saturated rings. The molecule has 8 aliphatic heterocycles. The number of amides is 6. The second-order valence-electron chi connectivity index (χ2n) is 12.2. The van der Waals surface area contributed by atoms with E-state index in [0.29, 0.717) is 40.1 Å². The van der Waals surface area contributed by atoms with Crippen LogP contribution in [0.5, 0.6) is 34.5 Å². The van der Waals surface area contributed by atoms with Crippen LogP contribution in [0.1, 0.15) is 41.6 Å². The Morgan fingerprint density at radius 2 is 1.57 bits per heavy atom. The highest BCUT2D eigenvalue weighted by atomic mass is 16.5. The van der Waals surface area contributed by atoms with Gasteiger partial charge in [-0.15, -0.1) is 0 Å². The molecule has 11 rings (SSSR count). The smallest absolute Gasteiger partial charge is 0.322 e. The van der Waals surface area contributed by atoms with Crippen LogP contribution in [0.2, 0.25) is 0 Å². The van der Waals surface area contributed by atoms with E-state index in [1.807, 2.05) is 0 Å². The van der Waals surface area contributed by atoms with Crippen LogP contribution in [-0.4, -0.2) is 86.7 Å². The number of imide groups is 1. The SMILES string of the molecule is COc1cc2ccc1Oc1ccc(cc1OC)C(=O)NCCOc1ccc(cc1)OC1(CCN(C(=O)CC[C@@H]3NC(=O)NC3=O)CC1)C(=O)NC2. The van der Waals surface area contributed by atoms with Crippen molar-refractivity contribution in [3.05, 3.63) is 71.8 Å². The number of rotatable bonds is 5. The fourth-order valence-corrected chi connectivity index (χ4v) is 6.11. The summed E-state index contributed by atoms with van der Waals surface area (Å²) in [4.78, 5) is 64.9. The Morgan fingerprint density at radius 1 is 0.882 bits per heavy atom. The Labute approximate surface area is 293 Å². The van der Waals surface area contributed by atoms with Crippen LogP contribution in [0.4, 0.5) is 4.79 Å². The lowest BCUT2D eigenvalue weighted by Crippen LogP contribution is -2.58. The minimum Gasteiger partial charge on any atom is -0.493 e. The number of benzene rings is 3. The molecule has 3 aromatic rings. The van der Waals surface area contributed by atoms with Gasteiger partial charge in [-0.1, -0.05) is 6.07 Å². The zero-order chi connectivity index (χ0) is 36.0. The first-order valence-corrected chi connectivity index (χ1v) is 16.6. The zero-order valence-electron chi connectivity index (χ0n) is 28.2. The lowest BCUT2D eigenvalue weighted by atomic mass is 9.89. The van der Waals surface area contributed by atoms with Crippen LogP contribution in [0.15, 0.2) is 60.7 Å². The molecule has 51 heavy (non-hydrogen) atoms. The largest absolute Gasteiger partial charge is 0.493 e. The molecule has 15 nitrogen and oxygen atoms in total. The molecule has 6 bridgehead atoms. The molecule has 2 saturated heterocycles. The Hall–Kier alpha value is -5.99. The number of ether oxygens (including phenoxy) is 5. The van der Waals surface area contributed by atoms with Gasteiger partial charge in [0.15, 0.2) is 28.6 Å². The topological polar surface area (TPSA) is 183 Å². The fourth-order valence-electron chi connectivity index (χ4n) is 6.11. The highest BCUT2D eigenvalue weighted by Gasteiger charge is 2.45. The summed E-state index contributed by atoms with van der Waals surface area (Å²) in [5.41, 5.74) is -0.181. The predicted octanol–water partition coefficient (Wildman–Crippen LogP) is 2.66. The molecule has 0 radical (unpaired) electrons. The molecule has 1 spiro atoms. The monoisotopic (exact) mass is 701 g/mol. The van der Waals surface area contributed by atoms with Gasteiger partial charge in [-0.3, -0.25) is 24.5 Å². The van der Waals surface area contributed by atoms with Crippen molar-refractivity contribution in [3.8, 4) is 34.5 Å². The average Bonchev–Trinajstić information content (AvgIpc) is 3.48. The summed E-state index contributed by atoms with van der Waals surface area (Å²) in [5.74, 6) is 1.22. The van der Waals surface area contributed by atoms with Crippen LogP contribution in [0.25, 0.3) is 0 Å². The first-order chi connectivity index (χ1) is 24.7. The molecule has 8 aliphatic rings. The molecule has 0 aliphatic carbocycles. The van der Waals surface area contributed by atoms with E-state index in [2.05, 4.69) is 21.3 Å². The molecule has 8 heterocycles. The molecular formula is C36H39N5O10. The molecule has 6 amide bonds. The van der Waals surface area contributed by atoms with Crippen molar-refractivity contribution in [2.24, 2.45) is 0 Å². The first kappa shape index (κ1) is 34.9. The number of likely N-dealkylation sites (tertiary alicyclic amines) is 1. The zero-order valence-corrected chi connectivity index (χ0v) is 28.2. The van der Waals surface area contributed by atoms with E-state index in [0.717, 1.165) is 5.56 Å². The standard InChI is InChI=1S/C36H39N5O10/c1-47-29-19-22-3-10-27(29)50-28-11-4-23(20-30(28)48-2)32(43)37-15-18-49-24-5-7-25(8-6-24)51-36(34(45)38-21-22)13-16-41(17-14-36)31(42)12-9-26-33(44)40-35(46)39-26/h3-8,10-11,19-20,26H,9,12-18,21H2,1-2H3,(H,37,43)(H,38,45)(H2,39,40,44,46)/t26-/m0/s1. The lowest BCUT2D eigenvalue weighted by Gasteiger charge is -2.40. The van der Waals surface area contributed by atoms with E-state index in [9.17, 15) is 24.0 Å². The highest BCUT2D eigenvalue weighted by Crippen LogP contribution is 2.38. The Kier molecular flexibility index (Phi) is 10.4. The second kappa shape index (κ2) is 15.3. The number of urea groups is 1. The summed E-state index contributed by atoms with van der Waals surface area (Å²) >= 11 is 0. The highest BCUT2D eigenvalue weighted by molar-refractivity contribution is 6.04. The Morgan fingerprint density at radius 3 is 2.25 bits per heavy atom. The normalized spacial score (nSPS) is 18.9. The van der Waals surface area contributed by atoms with Gasteiger partial charge in [-0.05, 0) is 66.6 Å². The van der Waals surface area contributed by atoms with Crippen molar-refractivity contribution < 1.29 is 47.7 Å². The van der Waals surface area contributed by atoms with Crippen molar-refractivity contribution in [2.45, 2.75) is 43.9 Å². The van der Waals surface area contributed by atoms with E-state index in [1.54, 1.807) is 65.6 Å². The van der Waals surface area contributed by atoms with Crippen molar-refractivity contribution >= 4 is 29.7 Å². The summed E-state index contributed by atoms with van der Waals surface area (Å²) < 4.78 is 29.5. The summed E-state index contributed by atoms with van der Waals surface area (Å²) in [5, 5.41) is 10.5. The molecule has 268 valence electrons. The average molecular weight is 702 g/mol. The number of nitrogens with zero attached hydrogens (tertiary/aromatic N) is 1. The Bertz CT molecular complexity index is 1810. The number of carbonyl (C=O) groups is 5. The van der Waals surface area contributed by atoms with Crippen molar-refractivity contribution in [1.29, 1.82) is 0 Å². The van der Waals surface area contributed by atoms with Crippen molar-refractivity contribution in [3.63, 3.8) is 0 Å². The number of methoxy groups -OCH3 is 2. The molecule has 4 N–H and O–H groups in total. The number of hydrogen-bond acceptors (Lipinski definition) is 10. The number of carbonyl (C=O) groups excluding carboxylic acids is 5. The molecule has 3 aromatic carbocycles. The minimum absolute atomic E-state index is 0.0587. The van der Waals surface area contributed by atoms with Crippen LogP contribution >= 0.6 is 0 Å². The minimum atomic E-state index is -1.30. The molecule has 0 aromatic heterocycles. The van der Waals surface area contributed by atoms with Gasteiger partial charge >= 0.3 is 6.03 Å². The van der Waals surface area contributed by atoms with Gasteiger partial charge in [0.1, 0.15) is 24.1 Å². The first-order valence-electron chi connectivity index (χ1n) is 16.6. The summed E-state index contributed by atoms with van der Waals surface area (Å²) in [7, 11) is 2.99. The number of nitrogens with one attached hydrogen (secondary N) is 4. The molecule has 0 unspecified atom stereocenters. The van der Waals surface area contributed by atoms with Gasteiger partial charge in [-0.25, -0.2) is 4.79 Å². The summed E-state index contributed by atoms with van der Waals surface area (Å²) in [6.07, 6.45) is 0.644. The van der Waals surface area contributed by atoms with Gasteiger partial charge in [0.2, 0.25) is 5.91 Å². The fraction of sp³-hybridized carbons (Fsp3) is 0.361.